The van der Waals surface area contributed by atoms with Crippen molar-refractivity contribution in [1.82, 2.24) is 20.9 Å². The van der Waals surface area contributed by atoms with Gasteiger partial charge in [0.2, 0.25) is 11.8 Å². The van der Waals surface area contributed by atoms with Crippen LogP contribution in [0.4, 0.5) is 4.79 Å². The van der Waals surface area contributed by atoms with Gasteiger partial charge in [0, 0.05) is 19.0 Å². The zero-order valence-corrected chi connectivity index (χ0v) is 26.0. The van der Waals surface area contributed by atoms with Crippen LogP contribution in [0.3, 0.4) is 0 Å². The van der Waals surface area contributed by atoms with Crippen LogP contribution in [0.1, 0.15) is 89.0 Å². The van der Waals surface area contributed by atoms with Crippen molar-refractivity contribution in [3.05, 3.63) is 48.0 Å². The molecule has 10 heteroatoms. The molecule has 0 radical (unpaired) electrons. The van der Waals surface area contributed by atoms with Crippen molar-refractivity contribution in [2.45, 2.75) is 120 Å². The number of benzene rings is 2. The molecule has 3 aliphatic carbocycles. The number of carbonyl (C=O) groups is 4. The standard InChI is InChI=1S/C35H46N4O6/c40-31(38-35(18-19-35)33(42)43)29-20-27(45-22-25-14-9-13-23-10-7-8-17-28(23)25)21-39(29)32(41)30(24-11-3-1-4-12-24)37-34(44)36-26-15-5-2-6-16-26/h7-10,13-14,17,24,26-27,29-30H,1-6,11-12,15-16,18-22H2,(H,38,40)(H,42,43)(H2,36,37,44)/t27-,29+,30+/m1/s1. The van der Waals surface area contributed by atoms with E-state index in [0.717, 1.165) is 74.1 Å². The van der Waals surface area contributed by atoms with Crippen LogP contribution in [-0.2, 0) is 25.7 Å². The van der Waals surface area contributed by atoms with E-state index in [1.165, 1.54) is 6.42 Å². The largest absolute Gasteiger partial charge is 0.480 e. The molecule has 2 aromatic rings. The maximum absolute atomic E-state index is 14.4. The van der Waals surface area contributed by atoms with E-state index < -0.39 is 35.6 Å². The summed E-state index contributed by atoms with van der Waals surface area (Å²) in [4.78, 5) is 54.8. The molecule has 0 unspecified atom stereocenters. The molecule has 4 aliphatic rings. The summed E-state index contributed by atoms with van der Waals surface area (Å²) in [7, 11) is 0. The molecule has 4 N–H and O–H groups in total. The van der Waals surface area contributed by atoms with Gasteiger partial charge in [0.25, 0.3) is 0 Å². The fourth-order valence-corrected chi connectivity index (χ4v) is 7.52. The Balaban J connectivity index is 1.20. The van der Waals surface area contributed by atoms with Crippen LogP contribution >= 0.6 is 0 Å². The van der Waals surface area contributed by atoms with Crippen molar-refractivity contribution in [3.63, 3.8) is 0 Å². The molecule has 45 heavy (non-hydrogen) atoms. The number of hydrogen-bond acceptors (Lipinski definition) is 5. The third-order valence-electron chi connectivity index (χ3n) is 10.3. The summed E-state index contributed by atoms with van der Waals surface area (Å²) in [6.07, 6.45) is 10.5. The molecule has 242 valence electrons. The second-order valence-corrected chi connectivity index (χ2v) is 13.5. The first-order valence-electron chi connectivity index (χ1n) is 16.8. The lowest BCUT2D eigenvalue weighted by Crippen LogP contribution is -2.59. The predicted octanol–water partition coefficient (Wildman–Crippen LogP) is 4.64. The molecular weight excluding hydrogens is 572 g/mol. The number of carboxylic acid groups (broad SMARTS) is 1. The molecule has 0 spiro atoms. The number of hydrogen-bond donors (Lipinski definition) is 4. The highest BCUT2D eigenvalue weighted by Gasteiger charge is 2.54. The molecule has 10 nitrogen and oxygen atoms in total. The first-order valence-corrected chi connectivity index (χ1v) is 16.8. The number of nitrogens with one attached hydrogen (secondary N) is 3. The molecule has 1 aliphatic heterocycles. The SMILES string of the molecule is O=C(NC1CCCCC1)N[C@H](C(=O)N1C[C@H](OCc2cccc3ccccc23)C[C@H]1C(=O)NC1(C(=O)O)CC1)C1CCCCC1. The van der Waals surface area contributed by atoms with Gasteiger partial charge in [-0.15, -0.1) is 0 Å². The Hall–Kier alpha value is -3.66. The number of carboxylic acids is 1. The lowest BCUT2D eigenvalue weighted by molar-refractivity contribution is -0.145. The second-order valence-electron chi connectivity index (χ2n) is 13.5. The van der Waals surface area contributed by atoms with Crippen LogP contribution in [0.2, 0.25) is 0 Å². The molecule has 1 heterocycles. The van der Waals surface area contributed by atoms with Gasteiger partial charge in [0.05, 0.1) is 12.7 Å². The summed E-state index contributed by atoms with van der Waals surface area (Å²) in [5, 5.41) is 20.8. The number of likely N-dealkylation sites (tertiary alicyclic amines) is 1. The number of urea groups is 1. The van der Waals surface area contributed by atoms with Crippen molar-refractivity contribution in [1.29, 1.82) is 0 Å². The normalized spacial score (nSPS) is 24.1. The predicted molar refractivity (Wildman–Crippen MR) is 169 cm³/mol. The highest BCUT2D eigenvalue weighted by atomic mass is 16.5. The van der Waals surface area contributed by atoms with E-state index in [9.17, 15) is 24.3 Å². The zero-order chi connectivity index (χ0) is 31.4. The lowest BCUT2D eigenvalue weighted by atomic mass is 9.83. The third-order valence-corrected chi connectivity index (χ3v) is 10.3. The van der Waals surface area contributed by atoms with Gasteiger partial charge in [-0.3, -0.25) is 9.59 Å². The van der Waals surface area contributed by atoms with Crippen LogP contribution in [0.15, 0.2) is 42.5 Å². The molecule has 0 bridgehead atoms. The number of nitrogens with zero attached hydrogens (tertiary/aromatic N) is 1. The van der Waals surface area contributed by atoms with E-state index in [0.29, 0.717) is 19.4 Å². The Morgan fingerprint density at radius 2 is 1.60 bits per heavy atom. The van der Waals surface area contributed by atoms with E-state index in [2.05, 4.69) is 22.0 Å². The first-order chi connectivity index (χ1) is 21.8. The average Bonchev–Trinajstić information content (AvgIpc) is 3.72. The minimum Gasteiger partial charge on any atom is -0.480 e. The van der Waals surface area contributed by atoms with E-state index in [-0.39, 0.29) is 36.9 Å². The Morgan fingerprint density at radius 1 is 0.911 bits per heavy atom. The highest BCUT2D eigenvalue weighted by molar-refractivity contribution is 5.96. The van der Waals surface area contributed by atoms with Gasteiger partial charge < -0.3 is 30.7 Å². The van der Waals surface area contributed by atoms with Crippen LogP contribution in [0.25, 0.3) is 10.8 Å². The summed E-state index contributed by atoms with van der Waals surface area (Å²) in [5.41, 5.74) is -0.253. The molecule has 2 aromatic carbocycles. The van der Waals surface area contributed by atoms with Crippen molar-refractivity contribution < 1.29 is 29.0 Å². The van der Waals surface area contributed by atoms with Gasteiger partial charge in [0.15, 0.2) is 0 Å². The molecule has 6 rings (SSSR count). The molecule has 1 saturated heterocycles. The number of ether oxygens (including phenoxy) is 1. The minimum atomic E-state index is -1.27. The number of aliphatic carboxylic acids is 1. The van der Waals surface area contributed by atoms with Gasteiger partial charge in [0.1, 0.15) is 17.6 Å². The lowest BCUT2D eigenvalue weighted by Gasteiger charge is -2.35. The Kier molecular flexibility index (Phi) is 9.58. The molecule has 4 fully saturated rings. The number of carbonyl (C=O) groups excluding carboxylic acids is 3. The summed E-state index contributed by atoms with van der Waals surface area (Å²) in [6.45, 7) is 0.506. The summed E-state index contributed by atoms with van der Waals surface area (Å²) in [6, 6.07) is 12.2. The fourth-order valence-electron chi connectivity index (χ4n) is 7.52. The summed E-state index contributed by atoms with van der Waals surface area (Å²) < 4.78 is 6.37. The van der Waals surface area contributed by atoms with Crippen molar-refractivity contribution in [2.24, 2.45) is 5.92 Å². The Bertz CT molecular complexity index is 1390. The maximum atomic E-state index is 14.4. The van der Waals surface area contributed by atoms with Crippen molar-refractivity contribution in [2.75, 3.05) is 6.54 Å². The number of rotatable bonds is 10. The minimum absolute atomic E-state index is 0.0310. The van der Waals surface area contributed by atoms with Crippen LogP contribution in [0.5, 0.6) is 0 Å². The zero-order valence-electron chi connectivity index (χ0n) is 26.0. The van der Waals surface area contributed by atoms with Gasteiger partial charge in [-0.1, -0.05) is 81.0 Å². The van der Waals surface area contributed by atoms with E-state index in [1.807, 2.05) is 36.4 Å². The van der Waals surface area contributed by atoms with E-state index in [1.54, 1.807) is 4.90 Å². The van der Waals surface area contributed by atoms with Gasteiger partial charge in [-0.25, -0.2) is 9.59 Å². The second kappa shape index (κ2) is 13.8. The van der Waals surface area contributed by atoms with Gasteiger partial charge in [-0.2, -0.15) is 0 Å². The number of fused-ring (bicyclic) bond motifs is 1. The average molecular weight is 619 g/mol. The molecule has 3 atom stereocenters. The van der Waals surface area contributed by atoms with E-state index >= 15 is 0 Å². The third kappa shape index (κ3) is 7.27. The Labute approximate surface area is 264 Å². The van der Waals surface area contributed by atoms with Gasteiger partial charge in [-0.05, 0) is 60.8 Å². The monoisotopic (exact) mass is 618 g/mol. The summed E-state index contributed by atoms with van der Waals surface area (Å²) >= 11 is 0. The first kappa shape index (κ1) is 31.3. The summed E-state index contributed by atoms with van der Waals surface area (Å²) in [5.74, 6) is -1.86. The quantitative estimate of drug-likeness (QED) is 0.306. The maximum Gasteiger partial charge on any atom is 0.329 e. The van der Waals surface area contributed by atoms with Crippen LogP contribution < -0.4 is 16.0 Å². The topological polar surface area (TPSA) is 137 Å². The van der Waals surface area contributed by atoms with Crippen LogP contribution in [0, 0.1) is 5.92 Å². The van der Waals surface area contributed by atoms with E-state index in [4.69, 9.17) is 4.74 Å². The molecule has 3 saturated carbocycles. The van der Waals surface area contributed by atoms with Crippen molar-refractivity contribution in [3.8, 4) is 0 Å². The smallest absolute Gasteiger partial charge is 0.329 e. The fraction of sp³-hybridized carbons (Fsp3) is 0.600. The molecular formula is C35H46N4O6. The highest BCUT2D eigenvalue weighted by Crippen LogP contribution is 2.37. The molecule has 0 aromatic heterocycles. The Morgan fingerprint density at radius 3 is 2.31 bits per heavy atom. The van der Waals surface area contributed by atoms with Crippen LogP contribution in [-0.4, -0.2) is 70.1 Å². The van der Waals surface area contributed by atoms with Gasteiger partial charge >= 0.3 is 12.0 Å². The van der Waals surface area contributed by atoms with Crippen molar-refractivity contribution >= 4 is 34.6 Å². The molecule has 4 amide bonds. The number of amides is 4.